The third kappa shape index (κ3) is 6.34. The average molecular weight is 499 g/mol. The molecule has 184 valence electrons. The Morgan fingerprint density at radius 2 is 1.56 bits per heavy atom. The van der Waals surface area contributed by atoms with Gasteiger partial charge in [0.25, 0.3) is 0 Å². The van der Waals surface area contributed by atoms with Gasteiger partial charge >= 0.3 is 12.5 Å². The van der Waals surface area contributed by atoms with E-state index in [0.717, 1.165) is 11.3 Å². The van der Waals surface area contributed by atoms with Crippen LogP contribution in [0.4, 0.5) is 23.7 Å². The van der Waals surface area contributed by atoms with E-state index in [0.29, 0.717) is 44.8 Å². The van der Waals surface area contributed by atoms with Crippen LogP contribution in [0, 0.1) is 0 Å². The Labute approximate surface area is 196 Å². The summed E-state index contributed by atoms with van der Waals surface area (Å²) in [5.41, 5.74) is 1.70. The first kappa shape index (κ1) is 24.2. The minimum atomic E-state index is -4.72. The molecule has 2 aromatic carbocycles. The molecule has 7 nitrogen and oxygen atoms in total. The Balaban J connectivity index is 1.29. The molecule has 34 heavy (non-hydrogen) atoms. The lowest BCUT2D eigenvalue weighted by Gasteiger charge is -2.32. The number of alkyl halides is 3. The van der Waals surface area contributed by atoms with Crippen molar-refractivity contribution in [3.8, 4) is 11.5 Å². The summed E-state index contributed by atoms with van der Waals surface area (Å²) in [6, 6.07) is 12.9. The fourth-order valence-corrected chi connectivity index (χ4v) is 5.42. The van der Waals surface area contributed by atoms with Crippen molar-refractivity contribution in [1.82, 2.24) is 4.90 Å². The topological polar surface area (TPSA) is 76.2 Å². The van der Waals surface area contributed by atoms with Crippen LogP contribution in [0.1, 0.15) is 24.3 Å². The number of carbonyl (C=O) groups is 1. The Morgan fingerprint density at radius 1 is 0.912 bits per heavy atom. The number of halogens is 3. The molecule has 4 rings (SSSR count). The van der Waals surface area contributed by atoms with E-state index in [1.54, 1.807) is 35.2 Å². The molecule has 2 aliphatic heterocycles. The van der Waals surface area contributed by atoms with E-state index in [1.807, 2.05) is 11.0 Å². The van der Waals surface area contributed by atoms with Crippen molar-refractivity contribution in [3.63, 3.8) is 0 Å². The van der Waals surface area contributed by atoms with Crippen LogP contribution in [0.3, 0.4) is 0 Å². The van der Waals surface area contributed by atoms with Gasteiger partial charge in [-0.1, -0.05) is 18.2 Å². The number of likely N-dealkylation sites (tertiary alicyclic amines) is 1. The van der Waals surface area contributed by atoms with E-state index in [4.69, 9.17) is 4.74 Å². The maximum absolute atomic E-state index is 12.6. The zero-order chi connectivity index (χ0) is 24.3. The molecule has 0 saturated carbocycles. The van der Waals surface area contributed by atoms with Crippen molar-refractivity contribution >= 4 is 21.6 Å². The molecule has 0 aromatic heterocycles. The number of sulfone groups is 1. The highest BCUT2D eigenvalue weighted by Crippen LogP contribution is 2.31. The van der Waals surface area contributed by atoms with Crippen molar-refractivity contribution in [2.75, 3.05) is 42.6 Å². The molecule has 2 heterocycles. The molecule has 0 N–H and O–H groups in total. The summed E-state index contributed by atoms with van der Waals surface area (Å²) in [4.78, 5) is 16.2. The molecule has 0 spiro atoms. The maximum Gasteiger partial charge on any atom is 0.573 e. The normalized spacial score (nSPS) is 19.0. The number of hydrogen-bond donors (Lipinski definition) is 0. The average Bonchev–Trinajstić information content (AvgIpc) is 2.79. The fourth-order valence-electron chi connectivity index (χ4n) is 4.22. The first-order valence-electron chi connectivity index (χ1n) is 11.0. The third-order valence-corrected chi connectivity index (χ3v) is 7.68. The van der Waals surface area contributed by atoms with Crippen LogP contribution in [-0.2, 0) is 9.84 Å². The Hall–Kier alpha value is -2.95. The minimum Gasteiger partial charge on any atom is -0.410 e. The maximum atomic E-state index is 12.6. The number of anilines is 1. The molecule has 1 amide bonds. The van der Waals surface area contributed by atoms with Crippen molar-refractivity contribution in [2.24, 2.45) is 0 Å². The van der Waals surface area contributed by atoms with Crippen LogP contribution in [-0.4, -0.2) is 63.5 Å². The van der Waals surface area contributed by atoms with Crippen LogP contribution in [0.15, 0.2) is 48.5 Å². The van der Waals surface area contributed by atoms with Gasteiger partial charge < -0.3 is 19.3 Å². The standard InChI is InChI=1S/C23H25F3N2O5S/c24-23(25,26)33-20-6-4-17(5-7-20)18-8-10-28(11-9-18)22(29)32-21-3-1-2-19(16-21)27-12-14-34(30,31)15-13-27/h1-7,16,18H,8-15H2. The van der Waals surface area contributed by atoms with E-state index in [9.17, 15) is 26.4 Å². The molecule has 2 fully saturated rings. The van der Waals surface area contributed by atoms with Gasteiger partial charge in [0.15, 0.2) is 9.84 Å². The van der Waals surface area contributed by atoms with Crippen molar-refractivity contribution in [3.05, 3.63) is 54.1 Å². The predicted molar refractivity (Wildman–Crippen MR) is 120 cm³/mol. The van der Waals surface area contributed by atoms with Gasteiger partial charge in [-0.15, -0.1) is 13.2 Å². The Morgan fingerprint density at radius 3 is 2.18 bits per heavy atom. The van der Waals surface area contributed by atoms with Gasteiger partial charge in [0.2, 0.25) is 0 Å². The first-order chi connectivity index (χ1) is 16.1. The van der Waals surface area contributed by atoms with Crippen molar-refractivity contribution in [2.45, 2.75) is 25.1 Å². The van der Waals surface area contributed by atoms with Gasteiger partial charge in [-0.3, -0.25) is 0 Å². The lowest BCUT2D eigenvalue weighted by molar-refractivity contribution is -0.274. The molecule has 0 radical (unpaired) electrons. The molecule has 11 heteroatoms. The summed E-state index contributed by atoms with van der Waals surface area (Å²) >= 11 is 0. The van der Waals surface area contributed by atoms with Gasteiger partial charge in [0.05, 0.1) is 11.5 Å². The summed E-state index contributed by atoms with van der Waals surface area (Å²) in [6.45, 7) is 1.73. The Bertz CT molecular complexity index is 1100. The summed E-state index contributed by atoms with van der Waals surface area (Å²) in [5.74, 6) is 0.459. The van der Waals surface area contributed by atoms with Crippen LogP contribution in [0.2, 0.25) is 0 Å². The number of nitrogens with zero attached hydrogens (tertiary/aromatic N) is 2. The molecular weight excluding hydrogens is 473 g/mol. The molecule has 0 bridgehead atoms. The van der Waals surface area contributed by atoms with E-state index in [2.05, 4.69) is 4.74 Å². The number of piperidine rings is 1. The number of hydrogen-bond acceptors (Lipinski definition) is 6. The molecule has 2 saturated heterocycles. The first-order valence-corrected chi connectivity index (χ1v) is 12.8. The quantitative estimate of drug-likeness (QED) is 0.629. The van der Waals surface area contributed by atoms with Crippen molar-refractivity contribution < 1.29 is 35.9 Å². The lowest BCUT2D eigenvalue weighted by Crippen LogP contribution is -2.40. The smallest absolute Gasteiger partial charge is 0.410 e. The van der Waals surface area contributed by atoms with E-state index in [-0.39, 0.29) is 23.2 Å². The monoisotopic (exact) mass is 498 g/mol. The number of carbonyl (C=O) groups excluding carboxylic acids is 1. The second-order valence-corrected chi connectivity index (χ2v) is 10.7. The van der Waals surface area contributed by atoms with Crippen molar-refractivity contribution in [1.29, 1.82) is 0 Å². The van der Waals surface area contributed by atoms with Gasteiger partial charge in [-0.05, 0) is 48.6 Å². The lowest BCUT2D eigenvalue weighted by atomic mass is 9.89. The number of benzene rings is 2. The van der Waals surface area contributed by atoms with Crippen LogP contribution in [0.5, 0.6) is 11.5 Å². The van der Waals surface area contributed by atoms with E-state index in [1.165, 1.54) is 12.1 Å². The molecule has 2 aromatic rings. The second-order valence-electron chi connectivity index (χ2n) is 8.38. The molecule has 0 unspecified atom stereocenters. The fraction of sp³-hybridized carbons (Fsp3) is 0.435. The minimum absolute atomic E-state index is 0.101. The van der Waals surface area contributed by atoms with Gasteiger partial charge in [0.1, 0.15) is 11.5 Å². The summed E-state index contributed by atoms with van der Waals surface area (Å²) < 4.78 is 69.7. The zero-order valence-electron chi connectivity index (χ0n) is 18.3. The number of amides is 1. The highest BCUT2D eigenvalue weighted by molar-refractivity contribution is 7.91. The molecular formula is C23H25F3N2O5S. The van der Waals surface area contributed by atoms with E-state index >= 15 is 0 Å². The zero-order valence-corrected chi connectivity index (χ0v) is 19.1. The molecule has 0 aliphatic carbocycles. The van der Waals surface area contributed by atoms with Gasteiger partial charge in [-0.2, -0.15) is 0 Å². The summed E-state index contributed by atoms with van der Waals surface area (Å²) in [6.07, 6.45) is -3.86. The highest BCUT2D eigenvalue weighted by atomic mass is 32.2. The van der Waals surface area contributed by atoms with Crippen LogP contribution >= 0.6 is 0 Å². The van der Waals surface area contributed by atoms with Gasteiger partial charge in [-0.25, -0.2) is 13.2 Å². The number of rotatable bonds is 4. The predicted octanol–water partition coefficient (Wildman–Crippen LogP) is 4.20. The van der Waals surface area contributed by atoms with Gasteiger partial charge in [0, 0.05) is 37.9 Å². The molecule has 2 aliphatic rings. The summed E-state index contributed by atoms with van der Waals surface area (Å²) in [7, 11) is -2.99. The largest absolute Gasteiger partial charge is 0.573 e. The molecule has 0 atom stereocenters. The number of ether oxygens (including phenoxy) is 2. The van der Waals surface area contributed by atoms with Crippen LogP contribution < -0.4 is 14.4 Å². The second kappa shape index (κ2) is 9.73. The van der Waals surface area contributed by atoms with Crippen LogP contribution in [0.25, 0.3) is 0 Å². The third-order valence-electron chi connectivity index (χ3n) is 6.07. The summed E-state index contributed by atoms with van der Waals surface area (Å²) in [5, 5.41) is 0. The Kier molecular flexibility index (Phi) is 6.92. The van der Waals surface area contributed by atoms with E-state index < -0.39 is 22.3 Å². The highest BCUT2D eigenvalue weighted by Gasteiger charge is 2.31. The SMILES string of the molecule is O=C(Oc1cccc(N2CCS(=O)(=O)CC2)c1)N1CCC(c2ccc(OC(F)(F)F)cc2)CC1.